The Morgan fingerprint density at radius 2 is 1.58 bits per heavy atom. The number of sulfonamides is 1. The summed E-state index contributed by atoms with van der Waals surface area (Å²) in [5.74, 6) is 0.0303. The topological polar surface area (TPSA) is 86.8 Å². The SMILES string of the molecule is Cc1ccc(NS(=O)(=O)c2ccsc2C(=O)N2CCN(C(=O)C3CCCC3)CC2)cc1. The van der Waals surface area contributed by atoms with Crippen LogP contribution in [-0.2, 0) is 14.8 Å². The van der Waals surface area contributed by atoms with Gasteiger partial charge in [0.2, 0.25) is 5.91 Å². The van der Waals surface area contributed by atoms with Gasteiger partial charge >= 0.3 is 0 Å². The lowest BCUT2D eigenvalue weighted by atomic mass is 10.1. The van der Waals surface area contributed by atoms with Gasteiger partial charge in [0.25, 0.3) is 15.9 Å². The summed E-state index contributed by atoms with van der Waals surface area (Å²) in [6.45, 7) is 3.75. The van der Waals surface area contributed by atoms with Gasteiger partial charge in [0.05, 0.1) is 0 Å². The van der Waals surface area contributed by atoms with Gasteiger partial charge in [-0.05, 0) is 43.3 Å². The Kier molecular flexibility index (Phi) is 6.34. The summed E-state index contributed by atoms with van der Waals surface area (Å²) >= 11 is 1.13. The highest BCUT2D eigenvalue weighted by molar-refractivity contribution is 7.93. The number of rotatable bonds is 5. The second-order valence-electron chi connectivity index (χ2n) is 8.18. The van der Waals surface area contributed by atoms with E-state index in [1.165, 1.54) is 6.07 Å². The summed E-state index contributed by atoms with van der Waals surface area (Å²) in [6, 6.07) is 8.50. The van der Waals surface area contributed by atoms with Gasteiger partial charge in [0.15, 0.2) is 0 Å². The maximum atomic E-state index is 13.1. The molecule has 0 unspecified atom stereocenters. The lowest BCUT2D eigenvalue weighted by Crippen LogP contribution is -2.51. The Morgan fingerprint density at radius 3 is 2.23 bits per heavy atom. The van der Waals surface area contributed by atoms with Crippen molar-refractivity contribution in [1.29, 1.82) is 0 Å². The Balaban J connectivity index is 1.43. The van der Waals surface area contributed by atoms with E-state index in [0.717, 1.165) is 42.6 Å². The fraction of sp³-hybridized carbons (Fsp3) is 0.455. The molecule has 2 aromatic rings. The number of amides is 2. The van der Waals surface area contributed by atoms with Crippen molar-refractivity contribution in [2.75, 3.05) is 30.9 Å². The van der Waals surface area contributed by atoms with Crippen molar-refractivity contribution in [3.05, 3.63) is 46.2 Å². The van der Waals surface area contributed by atoms with Gasteiger partial charge in [0.1, 0.15) is 9.77 Å². The second-order valence-corrected chi connectivity index (χ2v) is 10.8. The molecule has 1 N–H and O–H groups in total. The minimum absolute atomic E-state index is 0.00691. The molecule has 1 aromatic heterocycles. The molecule has 166 valence electrons. The number of aryl methyl sites for hydroxylation is 1. The molecule has 2 heterocycles. The molecule has 1 aliphatic heterocycles. The number of nitrogens with zero attached hydrogens (tertiary/aromatic N) is 2. The summed E-state index contributed by atoms with van der Waals surface area (Å²) in [6.07, 6.45) is 4.15. The molecule has 7 nitrogen and oxygen atoms in total. The van der Waals surface area contributed by atoms with Crippen molar-refractivity contribution < 1.29 is 18.0 Å². The Morgan fingerprint density at radius 1 is 0.968 bits per heavy atom. The standard InChI is InChI=1S/C22H27N3O4S2/c1-16-6-8-18(9-7-16)23-31(28,29)19-10-15-30-20(19)22(27)25-13-11-24(12-14-25)21(26)17-4-2-3-5-17/h6-10,15,17,23H,2-5,11-14H2,1H3. The number of carbonyl (C=O) groups excluding carboxylic acids is 2. The van der Waals surface area contributed by atoms with E-state index in [9.17, 15) is 18.0 Å². The predicted octanol–water partition coefficient (Wildman–Crippen LogP) is 3.33. The molecule has 0 atom stereocenters. The van der Waals surface area contributed by atoms with Crippen LogP contribution >= 0.6 is 11.3 Å². The first-order chi connectivity index (χ1) is 14.8. The average Bonchev–Trinajstić information content (AvgIpc) is 3.47. The van der Waals surface area contributed by atoms with Crippen molar-refractivity contribution in [2.45, 2.75) is 37.5 Å². The molecule has 0 radical (unpaired) electrons. The van der Waals surface area contributed by atoms with Crippen LogP contribution in [0.15, 0.2) is 40.6 Å². The van der Waals surface area contributed by atoms with Gasteiger partial charge in [-0.15, -0.1) is 11.3 Å². The van der Waals surface area contributed by atoms with Crippen LogP contribution < -0.4 is 4.72 Å². The third-order valence-electron chi connectivity index (χ3n) is 6.00. The lowest BCUT2D eigenvalue weighted by molar-refractivity contribution is -0.136. The monoisotopic (exact) mass is 461 g/mol. The van der Waals surface area contributed by atoms with Crippen molar-refractivity contribution in [3.63, 3.8) is 0 Å². The van der Waals surface area contributed by atoms with Crippen LogP contribution in [0.4, 0.5) is 5.69 Å². The number of carbonyl (C=O) groups is 2. The second kappa shape index (κ2) is 9.00. The largest absolute Gasteiger partial charge is 0.339 e. The number of hydrogen-bond acceptors (Lipinski definition) is 5. The summed E-state index contributed by atoms with van der Waals surface area (Å²) in [4.78, 5) is 29.4. The highest BCUT2D eigenvalue weighted by Gasteiger charge is 2.33. The first-order valence-corrected chi connectivity index (χ1v) is 13.0. The minimum Gasteiger partial charge on any atom is -0.339 e. The van der Waals surface area contributed by atoms with Crippen LogP contribution in [0.2, 0.25) is 0 Å². The maximum Gasteiger partial charge on any atom is 0.265 e. The summed E-state index contributed by atoms with van der Waals surface area (Å²) in [7, 11) is -3.88. The number of thiophene rings is 1. The maximum absolute atomic E-state index is 13.1. The lowest BCUT2D eigenvalue weighted by Gasteiger charge is -2.36. The van der Waals surface area contributed by atoms with Crippen LogP contribution in [0.25, 0.3) is 0 Å². The van der Waals surface area contributed by atoms with Gasteiger partial charge in [-0.25, -0.2) is 8.42 Å². The van der Waals surface area contributed by atoms with Gasteiger partial charge < -0.3 is 9.80 Å². The van der Waals surface area contributed by atoms with E-state index in [-0.39, 0.29) is 27.5 Å². The average molecular weight is 462 g/mol. The predicted molar refractivity (Wildman–Crippen MR) is 121 cm³/mol. The molecule has 1 saturated carbocycles. The number of piperazine rings is 1. The van der Waals surface area contributed by atoms with Crippen LogP contribution in [0.3, 0.4) is 0 Å². The number of nitrogens with one attached hydrogen (secondary N) is 1. The minimum atomic E-state index is -3.88. The quantitative estimate of drug-likeness (QED) is 0.740. The fourth-order valence-corrected chi connectivity index (χ4v) is 6.65. The summed E-state index contributed by atoms with van der Waals surface area (Å²) in [5, 5.41) is 1.62. The van der Waals surface area contributed by atoms with Crippen LogP contribution in [0, 0.1) is 12.8 Å². The molecule has 0 bridgehead atoms. The van der Waals surface area contributed by atoms with Gasteiger partial charge in [0, 0.05) is 37.8 Å². The molecule has 31 heavy (non-hydrogen) atoms. The molecule has 4 rings (SSSR count). The summed E-state index contributed by atoms with van der Waals surface area (Å²) < 4.78 is 28.4. The van der Waals surface area contributed by atoms with Crippen molar-refractivity contribution >= 4 is 38.9 Å². The van der Waals surface area contributed by atoms with E-state index < -0.39 is 10.0 Å². The zero-order valence-electron chi connectivity index (χ0n) is 17.5. The molecule has 2 fully saturated rings. The van der Waals surface area contributed by atoms with Crippen LogP contribution in [0.5, 0.6) is 0 Å². The molecular weight excluding hydrogens is 434 g/mol. The number of anilines is 1. The fourth-order valence-electron chi connectivity index (χ4n) is 4.20. The smallest absolute Gasteiger partial charge is 0.265 e. The van der Waals surface area contributed by atoms with E-state index in [0.29, 0.717) is 31.9 Å². The first kappa shape index (κ1) is 21.8. The zero-order valence-corrected chi connectivity index (χ0v) is 19.2. The van der Waals surface area contributed by atoms with E-state index in [2.05, 4.69) is 4.72 Å². The molecule has 9 heteroatoms. The molecule has 1 aromatic carbocycles. The number of hydrogen-bond donors (Lipinski definition) is 1. The van der Waals surface area contributed by atoms with Crippen LogP contribution in [0.1, 0.15) is 40.9 Å². The van der Waals surface area contributed by atoms with Crippen LogP contribution in [-0.4, -0.2) is 56.2 Å². The van der Waals surface area contributed by atoms with E-state index in [4.69, 9.17) is 0 Å². The third kappa shape index (κ3) is 4.77. The van der Waals surface area contributed by atoms with Crippen molar-refractivity contribution in [3.8, 4) is 0 Å². The highest BCUT2D eigenvalue weighted by Crippen LogP contribution is 2.28. The third-order valence-corrected chi connectivity index (χ3v) is 8.45. The Labute approximate surface area is 187 Å². The molecular formula is C22H27N3O4S2. The molecule has 0 spiro atoms. The first-order valence-electron chi connectivity index (χ1n) is 10.6. The Bertz CT molecular complexity index is 1050. The van der Waals surface area contributed by atoms with Gasteiger partial charge in [-0.1, -0.05) is 30.5 Å². The zero-order chi connectivity index (χ0) is 22.0. The number of benzene rings is 1. The Hall–Kier alpha value is -2.39. The molecule has 2 aliphatic rings. The van der Waals surface area contributed by atoms with Crippen molar-refractivity contribution in [1.82, 2.24) is 9.80 Å². The summed E-state index contributed by atoms with van der Waals surface area (Å²) in [5.41, 5.74) is 1.48. The molecule has 2 amide bonds. The van der Waals surface area contributed by atoms with E-state index in [1.54, 1.807) is 22.4 Å². The molecule has 1 aliphatic carbocycles. The van der Waals surface area contributed by atoms with E-state index >= 15 is 0 Å². The van der Waals surface area contributed by atoms with Crippen molar-refractivity contribution in [2.24, 2.45) is 5.92 Å². The van der Waals surface area contributed by atoms with Gasteiger partial charge in [-0.3, -0.25) is 14.3 Å². The van der Waals surface area contributed by atoms with Gasteiger partial charge in [-0.2, -0.15) is 0 Å². The normalized spacial score (nSPS) is 17.7. The van der Waals surface area contributed by atoms with E-state index in [1.807, 2.05) is 24.0 Å². The molecule has 1 saturated heterocycles. The highest BCUT2D eigenvalue weighted by atomic mass is 32.2.